The van der Waals surface area contributed by atoms with E-state index in [0.717, 1.165) is 12.3 Å². The summed E-state index contributed by atoms with van der Waals surface area (Å²) in [6, 6.07) is 0.960. The Morgan fingerprint density at radius 3 is 2.43 bits per heavy atom. The van der Waals surface area contributed by atoms with E-state index in [2.05, 4.69) is 50.7 Å². The highest BCUT2D eigenvalue weighted by molar-refractivity contribution is 5.70. The number of nitrogens with zero attached hydrogens (tertiary/aromatic N) is 1. The molecule has 1 rings (SSSR count). The quantitative estimate of drug-likeness (QED) is 0.466. The normalized spacial score (nSPS) is 25.3. The van der Waals surface area contributed by atoms with Gasteiger partial charge in [-0.2, -0.15) is 0 Å². The van der Waals surface area contributed by atoms with Gasteiger partial charge in [0.15, 0.2) is 0 Å². The molecule has 0 saturated heterocycles. The summed E-state index contributed by atoms with van der Waals surface area (Å²) in [6.07, 6.45) is 13.5. The van der Waals surface area contributed by atoms with Crippen molar-refractivity contribution in [2.24, 2.45) is 10.9 Å². The predicted molar refractivity (Wildman–Crippen MR) is 104 cm³/mol. The van der Waals surface area contributed by atoms with Gasteiger partial charge in [-0.05, 0) is 77.8 Å². The SMILES string of the molecule is C=CC=NC1CCC(CC(/C=C(\C)CC)=C(/C)C(C)NC)CC1. The third-order valence-electron chi connectivity index (χ3n) is 5.29. The molecule has 0 heterocycles. The highest BCUT2D eigenvalue weighted by Gasteiger charge is 2.21. The van der Waals surface area contributed by atoms with Crippen LogP contribution in [0.4, 0.5) is 0 Å². The number of likely N-dealkylation sites (N-methyl/N-ethyl adjacent to an activating group) is 1. The molecule has 1 N–H and O–H groups in total. The number of hydrogen-bond acceptors (Lipinski definition) is 2. The lowest BCUT2D eigenvalue weighted by Crippen LogP contribution is -2.24. The third-order valence-corrected chi connectivity index (χ3v) is 5.29. The van der Waals surface area contributed by atoms with Crippen molar-refractivity contribution in [2.45, 2.75) is 78.3 Å². The standard InChI is InChI=1S/C21H36N2/c1-7-13-23-21-11-9-19(10-12-21)15-20(14-16(3)8-2)17(4)18(5)22-6/h7,13-14,18-19,21-22H,1,8-12,15H2,2-6H3/b16-14+,20-17-,23-13?. The second-order valence-electron chi connectivity index (χ2n) is 6.98. The molecule has 1 unspecified atom stereocenters. The monoisotopic (exact) mass is 316 g/mol. The van der Waals surface area contributed by atoms with Crippen molar-refractivity contribution in [1.29, 1.82) is 0 Å². The Morgan fingerprint density at radius 1 is 1.26 bits per heavy atom. The number of hydrogen-bond donors (Lipinski definition) is 1. The van der Waals surface area contributed by atoms with Gasteiger partial charge in [-0.1, -0.05) is 36.8 Å². The Bertz CT molecular complexity index is 448. The minimum atomic E-state index is 0.444. The molecule has 23 heavy (non-hydrogen) atoms. The van der Waals surface area contributed by atoms with Gasteiger partial charge in [0, 0.05) is 18.3 Å². The van der Waals surface area contributed by atoms with Crippen LogP contribution in [0.2, 0.25) is 0 Å². The van der Waals surface area contributed by atoms with Crippen molar-refractivity contribution < 1.29 is 0 Å². The molecule has 130 valence electrons. The van der Waals surface area contributed by atoms with Crippen molar-refractivity contribution in [3.05, 3.63) is 35.5 Å². The molecule has 0 spiro atoms. The van der Waals surface area contributed by atoms with Gasteiger partial charge < -0.3 is 5.32 Å². The van der Waals surface area contributed by atoms with Crippen molar-refractivity contribution in [2.75, 3.05) is 7.05 Å². The van der Waals surface area contributed by atoms with E-state index in [1.54, 1.807) is 11.6 Å². The summed E-state index contributed by atoms with van der Waals surface area (Å²) in [5.74, 6) is 0.806. The molecular formula is C21H36N2. The summed E-state index contributed by atoms with van der Waals surface area (Å²) >= 11 is 0. The molecule has 0 aliphatic heterocycles. The Labute approximate surface area is 143 Å². The van der Waals surface area contributed by atoms with Gasteiger partial charge in [0.1, 0.15) is 0 Å². The molecule has 2 nitrogen and oxygen atoms in total. The van der Waals surface area contributed by atoms with Crippen LogP contribution < -0.4 is 5.32 Å². The maximum atomic E-state index is 4.58. The minimum Gasteiger partial charge on any atom is -0.314 e. The maximum absolute atomic E-state index is 4.58. The Kier molecular flexibility index (Phi) is 9.16. The molecular weight excluding hydrogens is 280 g/mol. The van der Waals surface area contributed by atoms with Gasteiger partial charge >= 0.3 is 0 Å². The largest absolute Gasteiger partial charge is 0.314 e. The van der Waals surface area contributed by atoms with E-state index in [4.69, 9.17) is 0 Å². The summed E-state index contributed by atoms with van der Waals surface area (Å²) in [6.45, 7) is 12.7. The molecule has 1 atom stereocenters. The van der Waals surface area contributed by atoms with Crippen LogP contribution in [0.15, 0.2) is 40.4 Å². The van der Waals surface area contributed by atoms with Crippen LogP contribution in [-0.4, -0.2) is 25.3 Å². The summed E-state index contributed by atoms with van der Waals surface area (Å²) in [4.78, 5) is 4.58. The first-order valence-electron chi connectivity index (χ1n) is 9.20. The molecule has 2 heteroatoms. The smallest absolute Gasteiger partial charge is 0.0499 e. The Morgan fingerprint density at radius 2 is 1.91 bits per heavy atom. The second kappa shape index (κ2) is 10.6. The first-order chi connectivity index (χ1) is 11.0. The van der Waals surface area contributed by atoms with E-state index in [9.17, 15) is 0 Å². The second-order valence-corrected chi connectivity index (χ2v) is 6.98. The molecule has 1 saturated carbocycles. The maximum Gasteiger partial charge on any atom is 0.0499 e. The van der Waals surface area contributed by atoms with E-state index >= 15 is 0 Å². The van der Waals surface area contributed by atoms with Gasteiger partial charge in [0.05, 0.1) is 0 Å². The Balaban J connectivity index is 2.76. The van der Waals surface area contributed by atoms with Crippen LogP contribution >= 0.6 is 0 Å². The van der Waals surface area contributed by atoms with Crippen molar-refractivity contribution >= 4 is 6.21 Å². The average molecular weight is 317 g/mol. The van der Waals surface area contributed by atoms with Gasteiger partial charge in [-0.15, -0.1) is 0 Å². The number of aliphatic imine (C=N–C) groups is 1. The lowest BCUT2D eigenvalue weighted by Gasteiger charge is -2.28. The zero-order valence-corrected chi connectivity index (χ0v) is 15.9. The fraction of sp³-hybridized carbons (Fsp3) is 0.667. The Hall–Kier alpha value is -1.15. The minimum absolute atomic E-state index is 0.444. The predicted octanol–water partition coefficient (Wildman–Crippen LogP) is 5.47. The number of rotatable bonds is 8. The zero-order valence-electron chi connectivity index (χ0n) is 15.9. The van der Waals surface area contributed by atoms with Crippen LogP contribution in [-0.2, 0) is 0 Å². The van der Waals surface area contributed by atoms with Crippen molar-refractivity contribution in [3.8, 4) is 0 Å². The van der Waals surface area contributed by atoms with Crippen LogP contribution in [0.25, 0.3) is 0 Å². The highest BCUT2D eigenvalue weighted by Crippen LogP contribution is 2.32. The molecule has 0 aromatic rings. The van der Waals surface area contributed by atoms with Crippen LogP contribution in [0, 0.1) is 5.92 Å². The lowest BCUT2D eigenvalue weighted by molar-refractivity contribution is 0.326. The summed E-state index contributed by atoms with van der Waals surface area (Å²) in [7, 11) is 2.05. The fourth-order valence-electron chi connectivity index (χ4n) is 3.22. The van der Waals surface area contributed by atoms with Crippen LogP contribution in [0.3, 0.4) is 0 Å². The molecule has 1 aliphatic carbocycles. The summed E-state index contributed by atoms with van der Waals surface area (Å²) < 4.78 is 0. The molecule has 0 bridgehead atoms. The van der Waals surface area contributed by atoms with E-state index in [1.165, 1.54) is 43.3 Å². The third kappa shape index (κ3) is 6.87. The zero-order chi connectivity index (χ0) is 17.2. The number of allylic oxidation sites excluding steroid dienone is 4. The molecule has 1 aliphatic rings. The van der Waals surface area contributed by atoms with Crippen LogP contribution in [0.1, 0.15) is 66.2 Å². The molecule has 0 amide bonds. The fourth-order valence-corrected chi connectivity index (χ4v) is 3.22. The van der Waals surface area contributed by atoms with E-state index in [1.807, 2.05) is 13.3 Å². The molecule has 0 aromatic heterocycles. The van der Waals surface area contributed by atoms with Crippen LogP contribution in [0.5, 0.6) is 0 Å². The van der Waals surface area contributed by atoms with Crippen molar-refractivity contribution in [3.63, 3.8) is 0 Å². The van der Waals surface area contributed by atoms with Crippen molar-refractivity contribution in [1.82, 2.24) is 5.32 Å². The topological polar surface area (TPSA) is 24.4 Å². The van der Waals surface area contributed by atoms with E-state index in [0.29, 0.717) is 12.1 Å². The van der Waals surface area contributed by atoms with Gasteiger partial charge in [-0.25, -0.2) is 0 Å². The summed E-state index contributed by atoms with van der Waals surface area (Å²) in [5.41, 5.74) is 4.52. The average Bonchev–Trinajstić information content (AvgIpc) is 2.58. The molecule has 0 aromatic carbocycles. The highest BCUT2D eigenvalue weighted by atomic mass is 14.9. The lowest BCUT2D eigenvalue weighted by atomic mass is 9.81. The first-order valence-corrected chi connectivity index (χ1v) is 9.20. The van der Waals surface area contributed by atoms with E-state index < -0.39 is 0 Å². The first kappa shape index (κ1) is 19.9. The summed E-state index contributed by atoms with van der Waals surface area (Å²) in [5, 5.41) is 3.39. The van der Waals surface area contributed by atoms with Gasteiger partial charge in [-0.3, -0.25) is 4.99 Å². The van der Waals surface area contributed by atoms with Gasteiger partial charge in [0.25, 0.3) is 0 Å². The van der Waals surface area contributed by atoms with Gasteiger partial charge in [0.2, 0.25) is 0 Å². The molecule has 1 fully saturated rings. The molecule has 0 radical (unpaired) electrons. The number of nitrogens with one attached hydrogen (secondary N) is 1. The van der Waals surface area contributed by atoms with E-state index in [-0.39, 0.29) is 0 Å².